The average molecular weight is 407 g/mol. The van der Waals surface area contributed by atoms with Crippen LogP contribution in [-0.2, 0) is 19.6 Å². The predicted molar refractivity (Wildman–Crippen MR) is 99.3 cm³/mol. The van der Waals surface area contributed by atoms with Crippen LogP contribution in [0.25, 0.3) is 0 Å². The minimum atomic E-state index is -3.91. The van der Waals surface area contributed by atoms with E-state index in [0.717, 1.165) is 0 Å². The summed E-state index contributed by atoms with van der Waals surface area (Å²) in [5, 5.41) is 6.41. The molecule has 1 aliphatic rings. The lowest BCUT2D eigenvalue weighted by Gasteiger charge is -2.23. The second kappa shape index (κ2) is 7.72. The van der Waals surface area contributed by atoms with Crippen LogP contribution in [0.4, 0.5) is 5.69 Å². The maximum atomic E-state index is 13.1. The maximum absolute atomic E-state index is 13.1. The Kier molecular flexibility index (Phi) is 5.52. The number of aryl methyl sites for hydroxylation is 2. The van der Waals surface area contributed by atoms with Crippen LogP contribution in [0.5, 0.6) is 0 Å². The van der Waals surface area contributed by atoms with E-state index in [1.807, 2.05) is 0 Å². The highest BCUT2D eigenvalue weighted by molar-refractivity contribution is 7.89. The SMILES string of the molecule is COC(=O)c1ccc(NC(=O)[C@@H]2CCCN2S(=O)(=O)c2c(C)noc2C)cc1. The molecule has 0 bridgehead atoms. The topological polar surface area (TPSA) is 119 Å². The number of ether oxygens (including phenoxy) is 1. The third-order valence-electron chi connectivity index (χ3n) is 4.61. The fourth-order valence-corrected chi connectivity index (χ4v) is 5.23. The molecule has 9 nitrogen and oxygen atoms in total. The third kappa shape index (κ3) is 3.65. The molecule has 150 valence electrons. The number of anilines is 1. The van der Waals surface area contributed by atoms with Gasteiger partial charge in [-0.05, 0) is 51.0 Å². The summed E-state index contributed by atoms with van der Waals surface area (Å²) < 4.78 is 36.9. The van der Waals surface area contributed by atoms with Gasteiger partial charge in [0.25, 0.3) is 0 Å². The van der Waals surface area contributed by atoms with E-state index in [-0.39, 0.29) is 22.9 Å². The van der Waals surface area contributed by atoms with Gasteiger partial charge >= 0.3 is 5.97 Å². The summed E-state index contributed by atoms with van der Waals surface area (Å²) in [4.78, 5) is 24.2. The molecule has 3 rings (SSSR count). The van der Waals surface area contributed by atoms with Crippen molar-refractivity contribution in [1.29, 1.82) is 0 Å². The van der Waals surface area contributed by atoms with Crippen LogP contribution in [0.2, 0.25) is 0 Å². The van der Waals surface area contributed by atoms with Gasteiger partial charge in [-0.2, -0.15) is 4.31 Å². The minimum Gasteiger partial charge on any atom is -0.465 e. The fourth-order valence-electron chi connectivity index (χ4n) is 3.28. The van der Waals surface area contributed by atoms with Crippen molar-refractivity contribution >= 4 is 27.6 Å². The number of benzene rings is 1. The summed E-state index contributed by atoms with van der Waals surface area (Å²) in [5.74, 6) is -0.717. The minimum absolute atomic E-state index is 0.00892. The molecule has 0 aliphatic carbocycles. The molecule has 0 saturated carbocycles. The van der Waals surface area contributed by atoms with E-state index in [9.17, 15) is 18.0 Å². The smallest absolute Gasteiger partial charge is 0.337 e. The monoisotopic (exact) mass is 407 g/mol. The van der Waals surface area contributed by atoms with Gasteiger partial charge in [0, 0.05) is 12.2 Å². The summed E-state index contributed by atoms with van der Waals surface area (Å²) in [7, 11) is -2.63. The number of amides is 1. The summed E-state index contributed by atoms with van der Waals surface area (Å²) in [5.41, 5.74) is 1.07. The highest BCUT2D eigenvalue weighted by Gasteiger charge is 2.41. The Morgan fingerprint density at radius 1 is 1.25 bits per heavy atom. The van der Waals surface area contributed by atoms with Gasteiger partial charge in [0.2, 0.25) is 15.9 Å². The van der Waals surface area contributed by atoms with Crippen molar-refractivity contribution in [3.8, 4) is 0 Å². The Bertz CT molecular complexity index is 977. The highest BCUT2D eigenvalue weighted by atomic mass is 32.2. The van der Waals surface area contributed by atoms with Crippen molar-refractivity contribution in [3.05, 3.63) is 41.3 Å². The Hall–Kier alpha value is -2.72. The van der Waals surface area contributed by atoms with Crippen molar-refractivity contribution in [3.63, 3.8) is 0 Å². The number of nitrogens with zero attached hydrogens (tertiary/aromatic N) is 2. The number of hydrogen-bond acceptors (Lipinski definition) is 7. The van der Waals surface area contributed by atoms with E-state index < -0.39 is 27.9 Å². The summed E-state index contributed by atoms with van der Waals surface area (Å²) in [6.07, 6.45) is 0.983. The fraction of sp³-hybridized carbons (Fsp3) is 0.389. The number of carbonyl (C=O) groups is 2. The molecular formula is C18H21N3O6S. The van der Waals surface area contributed by atoms with Gasteiger partial charge in [-0.3, -0.25) is 4.79 Å². The van der Waals surface area contributed by atoms with E-state index in [2.05, 4.69) is 15.2 Å². The number of carbonyl (C=O) groups excluding carboxylic acids is 2. The van der Waals surface area contributed by atoms with Crippen LogP contribution in [0, 0.1) is 13.8 Å². The first kappa shape index (κ1) is 20.0. The molecule has 1 amide bonds. The summed E-state index contributed by atoms with van der Waals surface area (Å²) >= 11 is 0. The Balaban J connectivity index is 1.79. The zero-order valence-electron chi connectivity index (χ0n) is 15.8. The normalized spacial score (nSPS) is 17.5. The lowest BCUT2D eigenvalue weighted by atomic mass is 10.2. The molecule has 1 fully saturated rings. The molecule has 2 aromatic rings. The maximum Gasteiger partial charge on any atom is 0.337 e. The van der Waals surface area contributed by atoms with Crippen LogP contribution in [0.1, 0.15) is 34.7 Å². The van der Waals surface area contributed by atoms with Gasteiger partial charge in [-0.1, -0.05) is 5.16 Å². The number of hydrogen-bond donors (Lipinski definition) is 1. The molecular weight excluding hydrogens is 386 g/mol. The number of aromatic nitrogens is 1. The molecule has 28 heavy (non-hydrogen) atoms. The van der Waals surface area contributed by atoms with Crippen LogP contribution < -0.4 is 5.32 Å². The zero-order chi connectivity index (χ0) is 20.5. The number of sulfonamides is 1. The van der Waals surface area contributed by atoms with Crippen LogP contribution in [0.15, 0.2) is 33.7 Å². The van der Waals surface area contributed by atoms with Crippen molar-refractivity contribution in [2.24, 2.45) is 0 Å². The highest BCUT2D eigenvalue weighted by Crippen LogP contribution is 2.30. The third-order valence-corrected chi connectivity index (χ3v) is 6.77. The molecule has 1 N–H and O–H groups in total. The van der Waals surface area contributed by atoms with Gasteiger partial charge in [-0.15, -0.1) is 0 Å². The standard InChI is InChI=1S/C18H21N3O6S/c1-11-16(12(2)27-20-11)28(24,25)21-10-4-5-15(21)17(22)19-14-8-6-13(7-9-14)18(23)26-3/h6-9,15H,4-5,10H2,1-3H3,(H,19,22)/t15-/m0/s1. The van der Waals surface area contributed by atoms with E-state index in [1.165, 1.54) is 30.5 Å². The van der Waals surface area contributed by atoms with E-state index in [1.54, 1.807) is 19.1 Å². The molecule has 0 radical (unpaired) electrons. The average Bonchev–Trinajstić information content (AvgIpc) is 3.29. The van der Waals surface area contributed by atoms with Gasteiger partial charge < -0.3 is 14.6 Å². The summed E-state index contributed by atoms with van der Waals surface area (Å²) in [6, 6.07) is 5.33. The molecule has 2 heterocycles. The van der Waals surface area contributed by atoms with Crippen molar-refractivity contribution in [2.75, 3.05) is 19.0 Å². The second-order valence-corrected chi connectivity index (χ2v) is 8.31. The zero-order valence-corrected chi connectivity index (χ0v) is 16.6. The molecule has 1 aromatic heterocycles. The quantitative estimate of drug-likeness (QED) is 0.752. The lowest BCUT2D eigenvalue weighted by Crippen LogP contribution is -2.43. The molecule has 10 heteroatoms. The molecule has 0 spiro atoms. The van der Waals surface area contributed by atoms with Gasteiger partial charge in [-0.25, -0.2) is 13.2 Å². The molecule has 1 aromatic carbocycles. The largest absolute Gasteiger partial charge is 0.465 e. The van der Waals surface area contributed by atoms with Gasteiger partial charge in [0.15, 0.2) is 5.76 Å². The summed E-state index contributed by atoms with van der Waals surface area (Å²) in [6.45, 7) is 3.32. The molecule has 1 aliphatic heterocycles. The predicted octanol–water partition coefficient (Wildman–Crippen LogP) is 1.87. The number of methoxy groups -OCH3 is 1. The first-order valence-electron chi connectivity index (χ1n) is 8.69. The van der Waals surface area contributed by atoms with Crippen LogP contribution in [0.3, 0.4) is 0 Å². The lowest BCUT2D eigenvalue weighted by molar-refractivity contribution is -0.119. The number of esters is 1. The molecule has 1 saturated heterocycles. The van der Waals surface area contributed by atoms with Crippen LogP contribution >= 0.6 is 0 Å². The first-order chi connectivity index (χ1) is 13.3. The van der Waals surface area contributed by atoms with Gasteiger partial charge in [0.1, 0.15) is 16.6 Å². The second-order valence-electron chi connectivity index (χ2n) is 6.49. The first-order valence-corrected chi connectivity index (χ1v) is 10.1. The molecule has 0 unspecified atom stereocenters. The Morgan fingerprint density at radius 3 is 2.50 bits per heavy atom. The van der Waals surface area contributed by atoms with E-state index >= 15 is 0 Å². The van der Waals surface area contributed by atoms with E-state index in [4.69, 9.17) is 4.52 Å². The number of nitrogens with one attached hydrogen (secondary N) is 1. The Labute approximate surface area is 162 Å². The van der Waals surface area contributed by atoms with Crippen LogP contribution in [-0.4, -0.2) is 49.5 Å². The molecule has 1 atom stereocenters. The number of rotatable bonds is 5. The van der Waals surface area contributed by atoms with Crippen molar-refractivity contribution in [2.45, 2.75) is 37.6 Å². The Morgan fingerprint density at radius 2 is 1.93 bits per heavy atom. The van der Waals surface area contributed by atoms with E-state index in [0.29, 0.717) is 24.1 Å². The van der Waals surface area contributed by atoms with Crippen molar-refractivity contribution < 1.29 is 27.3 Å². The van der Waals surface area contributed by atoms with Gasteiger partial charge in [0.05, 0.1) is 12.7 Å². The van der Waals surface area contributed by atoms with Crippen molar-refractivity contribution in [1.82, 2.24) is 9.46 Å².